The van der Waals surface area contributed by atoms with Gasteiger partial charge in [0.2, 0.25) is 0 Å². The molecule has 0 unspecified atom stereocenters. The van der Waals surface area contributed by atoms with Crippen molar-refractivity contribution in [2.75, 3.05) is 13.2 Å². The molecular formula is C44H49F6N2O5P. The van der Waals surface area contributed by atoms with Gasteiger partial charge < -0.3 is 13.8 Å². The summed E-state index contributed by atoms with van der Waals surface area (Å²) < 4.78 is 116. The summed E-state index contributed by atoms with van der Waals surface area (Å²) in [6.07, 6.45) is -1.61. The molecule has 0 spiro atoms. The van der Waals surface area contributed by atoms with Crippen LogP contribution in [0.5, 0.6) is 0 Å². The summed E-state index contributed by atoms with van der Waals surface area (Å²) in [6.45, 7) is 12.3. The average molecular weight is 831 g/mol. The number of benzene rings is 2. The van der Waals surface area contributed by atoms with Crippen molar-refractivity contribution in [1.29, 1.82) is 0 Å². The van der Waals surface area contributed by atoms with E-state index in [2.05, 4.69) is 36.8 Å². The minimum Gasteiger partial charge on any atom is -0.465 e. The highest BCUT2D eigenvalue weighted by atomic mass is 31.2. The van der Waals surface area contributed by atoms with Crippen LogP contribution in [0.4, 0.5) is 26.3 Å². The van der Waals surface area contributed by atoms with E-state index >= 15 is 13.2 Å². The Labute approximate surface area is 335 Å². The first-order valence-electron chi connectivity index (χ1n) is 19.4. The molecule has 58 heavy (non-hydrogen) atoms. The summed E-state index contributed by atoms with van der Waals surface area (Å²) >= 11 is 0. The molecule has 0 radical (unpaired) electrons. The normalized spacial score (nSPS) is 20.9. The number of halogens is 6. The molecule has 1 fully saturated rings. The number of rotatable bonds is 15. The predicted molar refractivity (Wildman–Crippen MR) is 212 cm³/mol. The Kier molecular flexibility index (Phi) is 14.5. The zero-order valence-corrected chi connectivity index (χ0v) is 34.2. The maximum absolute atomic E-state index is 15.0. The highest BCUT2D eigenvalue weighted by molar-refractivity contribution is 7.53. The first-order valence-corrected chi connectivity index (χ1v) is 21.2. The third-order valence-corrected chi connectivity index (χ3v) is 13.1. The molecule has 0 amide bonds. The number of allylic oxidation sites excluding steroid dienone is 1. The fraction of sp³-hybridized carbons (Fsp3) is 0.432. The molecule has 312 valence electrons. The number of alkyl halides is 6. The highest BCUT2D eigenvalue weighted by Crippen LogP contribution is 2.52. The summed E-state index contributed by atoms with van der Waals surface area (Å²) in [7, 11) is -3.76. The molecular weight excluding hydrogens is 781 g/mol. The summed E-state index contributed by atoms with van der Waals surface area (Å²) in [4.78, 5) is 20.1. The van der Waals surface area contributed by atoms with Crippen molar-refractivity contribution in [3.8, 4) is 33.4 Å². The summed E-state index contributed by atoms with van der Waals surface area (Å²) in [5.74, 6) is 1.35. The Bertz CT molecular complexity index is 2100. The van der Waals surface area contributed by atoms with Crippen LogP contribution in [0.15, 0.2) is 79.1 Å². The van der Waals surface area contributed by atoms with Gasteiger partial charge in [-0.25, -0.2) is 0 Å². The second kappa shape index (κ2) is 18.7. The summed E-state index contributed by atoms with van der Waals surface area (Å²) in [5.41, 5.74) is -1.10. The first kappa shape index (κ1) is 44.8. The predicted octanol–water partition coefficient (Wildman–Crippen LogP) is 12.8. The minimum absolute atomic E-state index is 0.00818. The van der Waals surface area contributed by atoms with Crippen molar-refractivity contribution in [1.82, 2.24) is 9.97 Å². The average Bonchev–Trinajstić information content (AvgIpc) is 3.16. The SMILES string of the molecule is CCOP(=O)(Cc1cc(-c2ccc(-c3ccc(/C=C/[C@H]4[C@H](CC)[C@@H](C)C[C@@H](C)[C@H]4[C@@H](C)OC=O)nc3)cc2C(F)(F)F)c(-c2cccc(C(F)(F)F)c2)cn1)OCC. The lowest BCUT2D eigenvalue weighted by atomic mass is 9.60. The topological polar surface area (TPSA) is 87.6 Å². The minimum atomic E-state index is -4.90. The lowest BCUT2D eigenvalue weighted by Gasteiger charge is -2.46. The van der Waals surface area contributed by atoms with Crippen LogP contribution < -0.4 is 0 Å². The van der Waals surface area contributed by atoms with Crippen molar-refractivity contribution in [3.63, 3.8) is 0 Å². The van der Waals surface area contributed by atoms with Crippen LogP contribution in [0.25, 0.3) is 39.5 Å². The van der Waals surface area contributed by atoms with E-state index in [0.29, 0.717) is 35.5 Å². The number of carbonyl (C=O) groups excluding carboxylic acids is 1. The van der Waals surface area contributed by atoms with Gasteiger partial charge in [0.25, 0.3) is 6.47 Å². The zero-order chi connectivity index (χ0) is 42.4. The Morgan fingerprint density at radius 1 is 0.810 bits per heavy atom. The van der Waals surface area contributed by atoms with Crippen LogP contribution in [0.3, 0.4) is 0 Å². The lowest BCUT2D eigenvalue weighted by molar-refractivity contribution is -0.139. The third-order valence-electron chi connectivity index (χ3n) is 11.0. The van der Waals surface area contributed by atoms with E-state index in [4.69, 9.17) is 13.8 Å². The molecule has 2 aromatic heterocycles. The van der Waals surface area contributed by atoms with Gasteiger partial charge >= 0.3 is 19.9 Å². The van der Waals surface area contributed by atoms with Crippen LogP contribution in [-0.2, 0) is 41.7 Å². The van der Waals surface area contributed by atoms with Crippen LogP contribution in [0.1, 0.15) is 76.9 Å². The molecule has 1 saturated carbocycles. The molecule has 1 aliphatic carbocycles. The second-order valence-corrected chi connectivity index (χ2v) is 16.9. The van der Waals surface area contributed by atoms with Crippen molar-refractivity contribution in [2.45, 2.75) is 79.0 Å². The van der Waals surface area contributed by atoms with Crippen molar-refractivity contribution >= 4 is 20.1 Å². The molecule has 4 aromatic rings. The van der Waals surface area contributed by atoms with E-state index in [0.717, 1.165) is 31.0 Å². The number of pyridine rings is 2. The Morgan fingerprint density at radius 3 is 2.12 bits per heavy atom. The van der Waals surface area contributed by atoms with Crippen molar-refractivity contribution in [2.24, 2.45) is 29.6 Å². The number of aromatic nitrogens is 2. The van der Waals surface area contributed by atoms with E-state index in [-0.39, 0.29) is 70.8 Å². The molecule has 5 rings (SSSR count). The van der Waals surface area contributed by atoms with Gasteiger partial charge in [-0.15, -0.1) is 0 Å². The lowest BCUT2D eigenvalue weighted by Crippen LogP contribution is -2.43. The van der Waals surface area contributed by atoms with E-state index in [1.165, 1.54) is 42.7 Å². The number of hydrogen-bond donors (Lipinski definition) is 0. The molecule has 0 N–H and O–H groups in total. The Balaban J connectivity index is 1.56. The molecule has 14 heteroatoms. The van der Waals surface area contributed by atoms with E-state index < -0.39 is 31.1 Å². The Morgan fingerprint density at radius 2 is 1.52 bits per heavy atom. The molecule has 1 aliphatic rings. The van der Waals surface area contributed by atoms with Crippen LogP contribution in [0.2, 0.25) is 0 Å². The number of nitrogens with zero attached hydrogens (tertiary/aromatic N) is 2. The molecule has 2 heterocycles. The zero-order valence-electron chi connectivity index (χ0n) is 33.3. The second-order valence-electron chi connectivity index (χ2n) is 14.8. The van der Waals surface area contributed by atoms with E-state index in [1.807, 2.05) is 13.0 Å². The van der Waals surface area contributed by atoms with E-state index in [9.17, 15) is 22.5 Å². The fourth-order valence-corrected chi connectivity index (χ4v) is 10.2. The summed E-state index contributed by atoms with van der Waals surface area (Å²) in [6, 6.07) is 12.7. The van der Waals surface area contributed by atoms with Gasteiger partial charge in [0.05, 0.1) is 41.9 Å². The maximum Gasteiger partial charge on any atom is 0.417 e. The van der Waals surface area contributed by atoms with Gasteiger partial charge in [-0.1, -0.05) is 63.6 Å². The van der Waals surface area contributed by atoms with Crippen molar-refractivity contribution in [3.05, 3.63) is 102 Å². The quantitative estimate of drug-likeness (QED) is 0.0670. The highest BCUT2D eigenvalue weighted by Gasteiger charge is 2.42. The summed E-state index contributed by atoms with van der Waals surface area (Å²) in [5, 5.41) is 0. The van der Waals surface area contributed by atoms with Crippen molar-refractivity contribution < 1.29 is 49.5 Å². The van der Waals surface area contributed by atoms with Gasteiger partial charge in [-0.3, -0.25) is 19.3 Å². The fourth-order valence-electron chi connectivity index (χ4n) is 8.56. The van der Waals surface area contributed by atoms with Crippen LogP contribution >= 0.6 is 7.60 Å². The van der Waals surface area contributed by atoms with Gasteiger partial charge in [-0.05, 0) is 110 Å². The van der Waals surface area contributed by atoms with Gasteiger partial charge in [0.15, 0.2) is 0 Å². The largest absolute Gasteiger partial charge is 0.465 e. The standard InChI is InChI=1S/C44H49F6N2O5P/c1-7-36-27(4)19-28(5)42(29(6)55-26-53)38(36)18-16-34-15-13-32(23-51-34)30-14-17-37(41(21-30)44(48,49)50)39-22-35(25-58(54,56-8-2)57-9-3)52-24-40(39)31-11-10-12-33(20-31)43(45,46)47/h10-18,20-24,26-29,36,38,42H,7-9,19,25H2,1-6H3/b18-16+/t27-,28+,29+,36+,38-,42-/m0/s1. The molecule has 0 saturated heterocycles. The third kappa shape index (κ3) is 10.5. The molecule has 6 atom stereocenters. The first-order chi connectivity index (χ1) is 27.4. The van der Waals surface area contributed by atoms with Gasteiger partial charge in [0.1, 0.15) is 6.10 Å². The maximum atomic E-state index is 15.0. The molecule has 0 bridgehead atoms. The van der Waals surface area contributed by atoms with Crippen LogP contribution in [0, 0.1) is 29.6 Å². The van der Waals surface area contributed by atoms with E-state index in [1.54, 1.807) is 26.0 Å². The van der Waals surface area contributed by atoms with Crippen LogP contribution in [-0.4, -0.2) is 35.8 Å². The van der Waals surface area contributed by atoms with Gasteiger partial charge in [0, 0.05) is 29.4 Å². The molecule has 2 aromatic carbocycles. The number of ether oxygens (including phenoxy) is 1. The van der Waals surface area contributed by atoms with Gasteiger partial charge in [-0.2, -0.15) is 26.3 Å². The Hall–Kier alpha value is -4.32. The molecule has 0 aliphatic heterocycles. The number of hydrogen-bond acceptors (Lipinski definition) is 7. The molecule has 7 nitrogen and oxygen atoms in total. The monoisotopic (exact) mass is 830 g/mol. The smallest absolute Gasteiger partial charge is 0.417 e. The number of carbonyl (C=O) groups is 1.